The number of nitrogens with zero attached hydrogens (tertiary/aromatic N) is 5. The van der Waals surface area contributed by atoms with Crippen molar-refractivity contribution < 1.29 is 27.4 Å². The maximum atomic E-state index is 15.8. The Morgan fingerprint density at radius 3 is 2.67 bits per heavy atom. The number of hydrogen-bond donors (Lipinski definition) is 0. The fourth-order valence-corrected chi connectivity index (χ4v) is 5.39. The third-order valence-electron chi connectivity index (χ3n) is 6.86. The number of morpholine rings is 1. The van der Waals surface area contributed by atoms with Crippen LogP contribution in [0.4, 0.5) is 19.1 Å². The fraction of sp³-hybridized carbons (Fsp3) is 0.320. The molecule has 0 aliphatic carbocycles. The molecule has 1 saturated heterocycles. The molecule has 0 bridgehead atoms. The Balaban J connectivity index is 1.47. The number of pyridine rings is 1. The molecule has 6 heterocycles. The van der Waals surface area contributed by atoms with Gasteiger partial charge < -0.3 is 19.1 Å². The number of alkyl halides is 2. The quantitative estimate of drug-likeness (QED) is 0.424. The Bertz CT molecular complexity index is 1490. The summed E-state index contributed by atoms with van der Waals surface area (Å²) in [6.07, 6.45) is 3.06. The Labute approximate surface area is 203 Å². The summed E-state index contributed by atoms with van der Waals surface area (Å²) in [5.41, 5.74) is 4.07. The molecule has 1 fully saturated rings. The highest BCUT2D eigenvalue weighted by atomic mass is 19.3. The Kier molecular flexibility index (Phi) is 4.90. The lowest BCUT2D eigenvalue weighted by Crippen LogP contribution is -2.37. The van der Waals surface area contributed by atoms with Gasteiger partial charge in [-0.2, -0.15) is 8.78 Å². The molecule has 3 aromatic heterocycles. The van der Waals surface area contributed by atoms with Crippen molar-refractivity contribution >= 4 is 11.6 Å². The summed E-state index contributed by atoms with van der Waals surface area (Å²) in [6.45, 7) is -0.114. The van der Waals surface area contributed by atoms with E-state index in [2.05, 4.69) is 15.0 Å². The van der Waals surface area contributed by atoms with Crippen molar-refractivity contribution in [1.82, 2.24) is 19.4 Å². The van der Waals surface area contributed by atoms with E-state index in [-0.39, 0.29) is 11.3 Å². The zero-order valence-corrected chi connectivity index (χ0v) is 19.0. The van der Waals surface area contributed by atoms with Crippen LogP contribution >= 0.6 is 0 Å². The van der Waals surface area contributed by atoms with Gasteiger partial charge in [-0.15, -0.1) is 0 Å². The lowest BCUT2D eigenvalue weighted by Gasteiger charge is -2.32. The fourth-order valence-electron chi connectivity index (χ4n) is 5.39. The smallest absolute Gasteiger partial charge is 0.387 e. The maximum Gasteiger partial charge on any atom is 0.387 e. The lowest BCUT2D eigenvalue weighted by molar-refractivity contribution is -0.0522. The first kappa shape index (κ1) is 21.6. The van der Waals surface area contributed by atoms with Crippen LogP contribution in [0.15, 0.2) is 36.7 Å². The SMILES string of the molecule is Fc1cc2nc3c4n2c(c1-c1cnc(N2CCOCC2)nc1)-c1cccc(OC(F)F)c1C4OCC3. The van der Waals surface area contributed by atoms with Gasteiger partial charge in [-0.05, 0) is 6.07 Å². The van der Waals surface area contributed by atoms with Gasteiger partial charge in [-0.25, -0.2) is 19.3 Å². The molecule has 1 atom stereocenters. The molecule has 0 spiro atoms. The van der Waals surface area contributed by atoms with Gasteiger partial charge in [0.05, 0.1) is 36.9 Å². The molecular weight excluding hydrogens is 475 g/mol. The van der Waals surface area contributed by atoms with Crippen LogP contribution < -0.4 is 9.64 Å². The average Bonchev–Trinajstić information content (AvgIpc) is 3.26. The third-order valence-corrected chi connectivity index (χ3v) is 6.86. The van der Waals surface area contributed by atoms with E-state index >= 15 is 4.39 Å². The van der Waals surface area contributed by atoms with Crippen molar-refractivity contribution in [2.45, 2.75) is 19.1 Å². The number of imidazole rings is 1. The molecule has 1 unspecified atom stereocenters. The molecule has 36 heavy (non-hydrogen) atoms. The monoisotopic (exact) mass is 495 g/mol. The van der Waals surface area contributed by atoms with Crippen LogP contribution in [-0.4, -0.2) is 58.9 Å². The topological polar surface area (TPSA) is 74.0 Å². The van der Waals surface area contributed by atoms with Crippen LogP contribution in [0.3, 0.4) is 0 Å². The normalized spacial score (nSPS) is 18.6. The van der Waals surface area contributed by atoms with Crippen LogP contribution in [0.25, 0.3) is 28.0 Å². The molecule has 1 aromatic carbocycles. The largest absolute Gasteiger partial charge is 0.434 e. The van der Waals surface area contributed by atoms with Gasteiger partial charge in [-0.1, -0.05) is 12.1 Å². The van der Waals surface area contributed by atoms with E-state index in [0.717, 1.165) is 5.69 Å². The van der Waals surface area contributed by atoms with Crippen LogP contribution in [0, 0.1) is 5.82 Å². The highest BCUT2D eigenvalue weighted by molar-refractivity contribution is 5.88. The van der Waals surface area contributed by atoms with Crippen LogP contribution in [-0.2, 0) is 15.9 Å². The van der Waals surface area contributed by atoms with Crippen LogP contribution in [0.2, 0.25) is 0 Å². The highest BCUT2D eigenvalue weighted by Gasteiger charge is 2.39. The third kappa shape index (κ3) is 3.19. The van der Waals surface area contributed by atoms with Gasteiger partial charge in [0.2, 0.25) is 5.95 Å². The second-order valence-electron chi connectivity index (χ2n) is 8.82. The summed E-state index contributed by atoms with van der Waals surface area (Å²) in [4.78, 5) is 15.7. The van der Waals surface area contributed by atoms with Crippen LogP contribution in [0.5, 0.6) is 5.75 Å². The van der Waals surface area contributed by atoms with Gasteiger partial charge in [0.25, 0.3) is 0 Å². The predicted octanol–water partition coefficient (Wildman–Crippen LogP) is 4.01. The molecular formula is C25H20F3N5O3. The number of fused-ring (bicyclic) bond motifs is 3. The van der Waals surface area contributed by atoms with E-state index in [4.69, 9.17) is 14.2 Å². The van der Waals surface area contributed by atoms with Crippen molar-refractivity contribution in [2.75, 3.05) is 37.8 Å². The number of benzene rings is 1. The molecule has 0 radical (unpaired) electrons. The first-order chi connectivity index (χ1) is 17.6. The maximum absolute atomic E-state index is 15.8. The lowest BCUT2D eigenvalue weighted by atomic mass is 9.88. The summed E-state index contributed by atoms with van der Waals surface area (Å²) in [6, 6.07) is 6.23. The molecule has 7 rings (SSSR count). The van der Waals surface area contributed by atoms with Crippen molar-refractivity contribution in [2.24, 2.45) is 0 Å². The first-order valence-electron chi connectivity index (χ1n) is 11.7. The Morgan fingerprint density at radius 1 is 1.08 bits per heavy atom. The number of ether oxygens (including phenoxy) is 3. The summed E-state index contributed by atoms with van der Waals surface area (Å²) in [5, 5.41) is 0. The van der Waals surface area contributed by atoms with E-state index < -0.39 is 18.5 Å². The number of hydrogen-bond acceptors (Lipinski definition) is 7. The zero-order chi connectivity index (χ0) is 24.4. The van der Waals surface area contributed by atoms with Crippen molar-refractivity contribution in [3.63, 3.8) is 0 Å². The molecule has 8 nitrogen and oxygen atoms in total. The number of halogens is 3. The van der Waals surface area contributed by atoms with E-state index in [1.54, 1.807) is 24.5 Å². The summed E-state index contributed by atoms with van der Waals surface area (Å²) in [5.74, 6) is 0.0295. The minimum absolute atomic E-state index is 0.00456. The number of anilines is 1. The zero-order valence-electron chi connectivity index (χ0n) is 19.0. The molecule has 0 saturated carbocycles. The molecule has 11 heteroatoms. The van der Waals surface area contributed by atoms with Gasteiger partial charge in [-0.3, -0.25) is 4.40 Å². The molecule has 184 valence electrons. The van der Waals surface area contributed by atoms with Crippen molar-refractivity contribution in [3.8, 4) is 28.1 Å². The summed E-state index contributed by atoms with van der Waals surface area (Å²) < 4.78 is 60.6. The van der Waals surface area contributed by atoms with E-state index in [1.807, 2.05) is 9.30 Å². The second-order valence-corrected chi connectivity index (χ2v) is 8.82. The van der Waals surface area contributed by atoms with Crippen LogP contribution in [0.1, 0.15) is 23.1 Å². The molecule has 4 aromatic rings. The summed E-state index contributed by atoms with van der Waals surface area (Å²) >= 11 is 0. The minimum Gasteiger partial charge on any atom is -0.434 e. The van der Waals surface area contributed by atoms with Gasteiger partial charge in [0, 0.05) is 60.2 Å². The van der Waals surface area contributed by atoms with E-state index in [0.29, 0.717) is 79.0 Å². The summed E-state index contributed by atoms with van der Waals surface area (Å²) in [7, 11) is 0. The Morgan fingerprint density at radius 2 is 1.89 bits per heavy atom. The highest BCUT2D eigenvalue weighted by Crippen LogP contribution is 2.50. The van der Waals surface area contributed by atoms with Gasteiger partial charge in [0.1, 0.15) is 23.3 Å². The minimum atomic E-state index is -3.01. The molecule has 0 amide bonds. The van der Waals surface area contributed by atoms with Gasteiger partial charge >= 0.3 is 6.61 Å². The van der Waals surface area contributed by atoms with Gasteiger partial charge in [0.15, 0.2) is 0 Å². The van der Waals surface area contributed by atoms with E-state index in [1.165, 1.54) is 12.1 Å². The molecule has 3 aliphatic rings. The van der Waals surface area contributed by atoms with E-state index in [9.17, 15) is 8.78 Å². The standard InChI is InChI=1S/C25H20F3N5O3/c26-15-10-18-31-16-4-7-35-23-20-14(2-1-3-17(20)36-24(27)28)21(33(18)22(16)23)19(15)13-11-29-25(30-12-13)32-5-8-34-9-6-32/h1-3,10-12,23-24H,4-9H2. The molecule has 3 aliphatic heterocycles. The second kappa shape index (κ2) is 8.17. The predicted molar refractivity (Wildman–Crippen MR) is 123 cm³/mol. The Hall–Kier alpha value is -3.70. The first-order valence-corrected chi connectivity index (χ1v) is 11.7. The number of aromatic nitrogens is 4. The number of rotatable bonds is 4. The van der Waals surface area contributed by atoms with Crippen molar-refractivity contribution in [1.29, 1.82) is 0 Å². The van der Waals surface area contributed by atoms with Crippen molar-refractivity contribution in [3.05, 3.63) is 59.4 Å². The average molecular weight is 495 g/mol. The molecule has 0 N–H and O–H groups in total.